The van der Waals surface area contributed by atoms with Gasteiger partial charge in [0.2, 0.25) is 0 Å². The average Bonchev–Trinajstić information content (AvgIpc) is 2.64. The van der Waals surface area contributed by atoms with E-state index in [1.54, 1.807) is 24.3 Å². The molecule has 0 atom stereocenters. The molecule has 6 nitrogen and oxygen atoms in total. The van der Waals surface area contributed by atoms with Gasteiger partial charge in [-0.05, 0) is 62.4 Å². The van der Waals surface area contributed by atoms with Crippen molar-refractivity contribution in [1.29, 1.82) is 0 Å². The smallest absolute Gasteiger partial charge is 0.261 e. The molecule has 0 spiro atoms. The summed E-state index contributed by atoms with van der Waals surface area (Å²) in [5.74, 6) is 0. The van der Waals surface area contributed by atoms with Crippen molar-refractivity contribution in [1.82, 2.24) is 0 Å². The van der Waals surface area contributed by atoms with Gasteiger partial charge in [-0.2, -0.15) is 0 Å². The normalized spacial score (nSPS) is 11.8. The summed E-state index contributed by atoms with van der Waals surface area (Å²) in [5.41, 5.74) is 2.59. The molecule has 0 aliphatic rings. The molecule has 0 unspecified atom stereocenters. The van der Waals surface area contributed by atoms with Gasteiger partial charge in [0, 0.05) is 11.4 Å². The molecule has 0 amide bonds. The van der Waals surface area contributed by atoms with Crippen LogP contribution in [0, 0.1) is 13.8 Å². The molecule has 0 saturated heterocycles. The second-order valence-corrected chi connectivity index (χ2v) is 9.78. The van der Waals surface area contributed by atoms with Crippen molar-refractivity contribution in [3.8, 4) is 0 Å². The van der Waals surface area contributed by atoms with Crippen LogP contribution in [-0.4, -0.2) is 16.8 Å². The molecule has 8 heteroatoms. The van der Waals surface area contributed by atoms with Crippen molar-refractivity contribution in [3.63, 3.8) is 0 Å². The van der Waals surface area contributed by atoms with Crippen molar-refractivity contribution in [2.24, 2.45) is 0 Å². The highest BCUT2D eigenvalue weighted by Gasteiger charge is 2.15. The van der Waals surface area contributed by atoms with Crippen LogP contribution in [-0.2, 0) is 20.0 Å². The Morgan fingerprint density at radius 3 is 1.07 bits per heavy atom. The number of aryl methyl sites for hydroxylation is 2. The maximum absolute atomic E-state index is 12.4. The average molecular weight is 417 g/mol. The molecule has 0 saturated carbocycles. The Morgan fingerprint density at radius 2 is 0.786 bits per heavy atom. The van der Waals surface area contributed by atoms with Crippen LogP contribution in [0.4, 0.5) is 11.4 Å². The predicted octanol–water partition coefficient (Wildman–Crippen LogP) is 3.91. The van der Waals surface area contributed by atoms with Gasteiger partial charge in [-0.25, -0.2) is 16.8 Å². The third-order valence-corrected chi connectivity index (χ3v) is 6.85. The lowest BCUT2D eigenvalue weighted by molar-refractivity contribution is 0.599. The fourth-order valence-electron chi connectivity index (χ4n) is 2.47. The quantitative estimate of drug-likeness (QED) is 0.637. The number of hydrogen-bond acceptors (Lipinski definition) is 4. The zero-order chi connectivity index (χ0) is 20.4. The summed E-state index contributed by atoms with van der Waals surface area (Å²) in [6.45, 7) is 3.75. The van der Waals surface area contributed by atoms with Gasteiger partial charge in [0.05, 0.1) is 9.79 Å². The molecule has 0 fully saturated rings. The molecule has 146 valence electrons. The fourth-order valence-corrected chi connectivity index (χ4v) is 4.59. The first-order chi connectivity index (χ1) is 13.2. The number of benzene rings is 3. The summed E-state index contributed by atoms with van der Waals surface area (Å²) >= 11 is 0. The Bertz CT molecular complexity index is 1070. The molecule has 28 heavy (non-hydrogen) atoms. The van der Waals surface area contributed by atoms with E-state index in [0.29, 0.717) is 11.4 Å². The first kappa shape index (κ1) is 19.9. The van der Waals surface area contributed by atoms with Crippen molar-refractivity contribution < 1.29 is 16.8 Å². The first-order valence-electron chi connectivity index (χ1n) is 8.45. The SMILES string of the molecule is Cc1ccc(S(=O)(=O)Nc2ccc(NS(=O)(=O)c3ccc(C)cc3)cc2)cc1. The predicted molar refractivity (Wildman–Crippen MR) is 110 cm³/mol. The zero-order valence-corrected chi connectivity index (χ0v) is 17.0. The summed E-state index contributed by atoms with van der Waals surface area (Å²) in [4.78, 5) is 0.310. The lowest BCUT2D eigenvalue weighted by Gasteiger charge is -2.11. The van der Waals surface area contributed by atoms with Gasteiger partial charge >= 0.3 is 0 Å². The van der Waals surface area contributed by atoms with E-state index >= 15 is 0 Å². The lowest BCUT2D eigenvalue weighted by Crippen LogP contribution is -2.14. The number of anilines is 2. The topological polar surface area (TPSA) is 92.3 Å². The minimum Gasteiger partial charge on any atom is -0.280 e. The third-order valence-electron chi connectivity index (χ3n) is 4.05. The molecule has 0 heterocycles. The standard InChI is InChI=1S/C20H20N2O4S2/c1-15-3-11-19(12-4-15)27(23,24)21-17-7-9-18(10-8-17)22-28(25,26)20-13-5-16(2)6-14-20/h3-14,21-22H,1-2H3. The number of nitrogens with one attached hydrogen (secondary N) is 2. The zero-order valence-electron chi connectivity index (χ0n) is 15.4. The maximum atomic E-state index is 12.4. The summed E-state index contributed by atoms with van der Waals surface area (Å²) in [6.07, 6.45) is 0. The Balaban J connectivity index is 1.74. The van der Waals surface area contributed by atoms with Gasteiger partial charge in [-0.15, -0.1) is 0 Å². The molecule has 2 N–H and O–H groups in total. The van der Waals surface area contributed by atoms with Crippen molar-refractivity contribution >= 4 is 31.4 Å². The Morgan fingerprint density at radius 1 is 0.500 bits per heavy atom. The van der Waals surface area contributed by atoms with Crippen LogP contribution < -0.4 is 9.44 Å². The molecule has 3 aromatic carbocycles. The minimum atomic E-state index is -3.71. The van der Waals surface area contributed by atoms with Crippen LogP contribution in [0.15, 0.2) is 82.6 Å². The molecule has 0 aromatic heterocycles. The fraction of sp³-hybridized carbons (Fsp3) is 0.100. The van der Waals surface area contributed by atoms with E-state index in [9.17, 15) is 16.8 Å². The third kappa shape index (κ3) is 4.71. The molecule has 0 aliphatic heterocycles. The van der Waals surface area contributed by atoms with E-state index in [-0.39, 0.29) is 9.79 Å². The van der Waals surface area contributed by atoms with Crippen LogP contribution in [0.2, 0.25) is 0 Å². The first-order valence-corrected chi connectivity index (χ1v) is 11.4. The van der Waals surface area contributed by atoms with Crippen LogP contribution in [0.25, 0.3) is 0 Å². The van der Waals surface area contributed by atoms with Gasteiger partial charge in [0.1, 0.15) is 0 Å². The largest absolute Gasteiger partial charge is 0.280 e. The second kappa shape index (κ2) is 7.65. The van der Waals surface area contributed by atoms with Gasteiger partial charge < -0.3 is 0 Å². The molecule has 0 radical (unpaired) electrons. The Hall–Kier alpha value is -2.84. The molecule has 0 aliphatic carbocycles. The molecule has 3 aromatic rings. The molecular formula is C20H20N2O4S2. The highest BCUT2D eigenvalue weighted by Crippen LogP contribution is 2.21. The van der Waals surface area contributed by atoms with Crippen molar-refractivity contribution in [2.45, 2.75) is 23.6 Å². The molecule has 0 bridgehead atoms. The highest BCUT2D eigenvalue weighted by molar-refractivity contribution is 7.93. The summed E-state index contributed by atoms with van der Waals surface area (Å²) in [5, 5.41) is 0. The maximum Gasteiger partial charge on any atom is 0.261 e. The summed E-state index contributed by atoms with van der Waals surface area (Å²) < 4.78 is 54.6. The molecule has 3 rings (SSSR count). The lowest BCUT2D eigenvalue weighted by atomic mass is 10.2. The van der Waals surface area contributed by atoms with Crippen LogP contribution in [0.1, 0.15) is 11.1 Å². The number of rotatable bonds is 6. The van der Waals surface area contributed by atoms with E-state index in [0.717, 1.165) is 11.1 Å². The van der Waals surface area contributed by atoms with E-state index in [4.69, 9.17) is 0 Å². The van der Waals surface area contributed by atoms with Crippen LogP contribution >= 0.6 is 0 Å². The van der Waals surface area contributed by atoms with Crippen LogP contribution in [0.3, 0.4) is 0 Å². The van der Waals surface area contributed by atoms with Gasteiger partial charge in [0.15, 0.2) is 0 Å². The second-order valence-electron chi connectivity index (χ2n) is 6.41. The van der Waals surface area contributed by atoms with E-state index in [1.807, 2.05) is 13.8 Å². The summed E-state index contributed by atoms with van der Waals surface area (Å²) in [6, 6.07) is 19.0. The van der Waals surface area contributed by atoms with E-state index < -0.39 is 20.0 Å². The van der Waals surface area contributed by atoms with Gasteiger partial charge in [-0.1, -0.05) is 35.4 Å². The highest BCUT2D eigenvalue weighted by atomic mass is 32.2. The van der Waals surface area contributed by atoms with Crippen molar-refractivity contribution in [2.75, 3.05) is 9.44 Å². The molecular weight excluding hydrogens is 396 g/mol. The number of hydrogen-bond donors (Lipinski definition) is 2. The minimum absolute atomic E-state index is 0.155. The Labute approximate surface area is 165 Å². The van der Waals surface area contributed by atoms with E-state index in [1.165, 1.54) is 48.5 Å². The van der Waals surface area contributed by atoms with Gasteiger partial charge in [0.25, 0.3) is 20.0 Å². The van der Waals surface area contributed by atoms with Crippen LogP contribution in [0.5, 0.6) is 0 Å². The summed E-state index contributed by atoms with van der Waals surface area (Å²) in [7, 11) is -7.43. The number of sulfonamides is 2. The van der Waals surface area contributed by atoms with Gasteiger partial charge in [-0.3, -0.25) is 9.44 Å². The monoisotopic (exact) mass is 416 g/mol. The van der Waals surface area contributed by atoms with E-state index in [2.05, 4.69) is 9.44 Å². The van der Waals surface area contributed by atoms with Crippen molar-refractivity contribution in [3.05, 3.63) is 83.9 Å². The Kier molecular flexibility index (Phi) is 5.44.